The van der Waals surface area contributed by atoms with Crippen molar-refractivity contribution in [3.63, 3.8) is 0 Å². The molecule has 1 aliphatic heterocycles. The first-order chi connectivity index (χ1) is 11.3. The van der Waals surface area contributed by atoms with Gasteiger partial charge < -0.3 is 14.3 Å². The molecular formula is C19H25NO3. The Morgan fingerprint density at radius 1 is 1.00 bits per heavy atom. The molecule has 1 heterocycles. The largest absolute Gasteiger partial charge is 0.493 e. The average Bonchev–Trinajstić information content (AvgIpc) is 3.24. The van der Waals surface area contributed by atoms with Crippen molar-refractivity contribution in [2.75, 3.05) is 7.11 Å². The number of nitrogens with zero attached hydrogens (tertiary/aromatic N) is 1. The van der Waals surface area contributed by atoms with E-state index in [2.05, 4.69) is 17.3 Å². The number of rotatable bonds is 4. The molecule has 3 aliphatic rings. The van der Waals surface area contributed by atoms with Gasteiger partial charge >= 0.3 is 0 Å². The zero-order valence-electron chi connectivity index (χ0n) is 13.8. The highest BCUT2D eigenvalue weighted by Gasteiger charge is 2.37. The molecule has 1 aromatic carbocycles. The Morgan fingerprint density at radius 3 is 2.61 bits per heavy atom. The summed E-state index contributed by atoms with van der Waals surface area (Å²) >= 11 is 0. The lowest BCUT2D eigenvalue weighted by atomic mass is 9.81. The molecule has 23 heavy (non-hydrogen) atoms. The van der Waals surface area contributed by atoms with Crippen LogP contribution in [0.5, 0.6) is 11.5 Å². The SMILES string of the molecule is COc1ccc(C2=NOC3CCCCC23)cc1OC1CCCC1. The Morgan fingerprint density at radius 2 is 1.78 bits per heavy atom. The van der Waals surface area contributed by atoms with Crippen LogP contribution in [0.1, 0.15) is 56.9 Å². The van der Waals surface area contributed by atoms with Crippen LogP contribution in [0.15, 0.2) is 23.4 Å². The summed E-state index contributed by atoms with van der Waals surface area (Å²) < 4.78 is 11.7. The van der Waals surface area contributed by atoms with Crippen molar-refractivity contribution in [3.05, 3.63) is 23.8 Å². The third kappa shape index (κ3) is 2.91. The maximum atomic E-state index is 6.21. The van der Waals surface area contributed by atoms with Gasteiger partial charge in [0.15, 0.2) is 11.5 Å². The number of hydrogen-bond acceptors (Lipinski definition) is 4. The Balaban J connectivity index is 1.59. The van der Waals surface area contributed by atoms with Crippen LogP contribution in [0.4, 0.5) is 0 Å². The van der Waals surface area contributed by atoms with Crippen molar-refractivity contribution in [1.82, 2.24) is 0 Å². The topological polar surface area (TPSA) is 40.0 Å². The fourth-order valence-electron chi connectivity index (χ4n) is 4.11. The van der Waals surface area contributed by atoms with Gasteiger partial charge in [-0.2, -0.15) is 0 Å². The summed E-state index contributed by atoms with van der Waals surface area (Å²) in [6, 6.07) is 6.17. The molecule has 2 unspecified atom stereocenters. The van der Waals surface area contributed by atoms with Crippen LogP contribution in [0.3, 0.4) is 0 Å². The number of fused-ring (bicyclic) bond motifs is 1. The van der Waals surface area contributed by atoms with E-state index >= 15 is 0 Å². The fraction of sp³-hybridized carbons (Fsp3) is 0.632. The van der Waals surface area contributed by atoms with Crippen molar-refractivity contribution in [2.24, 2.45) is 11.1 Å². The summed E-state index contributed by atoms with van der Waals surface area (Å²) in [4.78, 5) is 5.67. The molecule has 2 saturated carbocycles. The van der Waals surface area contributed by atoms with Crippen molar-refractivity contribution in [1.29, 1.82) is 0 Å². The maximum Gasteiger partial charge on any atom is 0.162 e. The third-order valence-corrected chi connectivity index (χ3v) is 5.40. The van der Waals surface area contributed by atoms with Gasteiger partial charge in [-0.15, -0.1) is 0 Å². The molecule has 4 heteroatoms. The first-order valence-corrected chi connectivity index (χ1v) is 8.94. The molecule has 0 spiro atoms. The van der Waals surface area contributed by atoms with E-state index in [1.165, 1.54) is 32.1 Å². The van der Waals surface area contributed by atoms with Gasteiger partial charge in [0.25, 0.3) is 0 Å². The van der Waals surface area contributed by atoms with Crippen LogP contribution in [-0.2, 0) is 4.84 Å². The number of oxime groups is 1. The normalized spacial score (nSPS) is 27.3. The maximum absolute atomic E-state index is 6.21. The standard InChI is InChI=1S/C19H25NO3/c1-21-17-11-10-13(12-18(17)22-14-6-2-3-7-14)19-15-8-4-5-9-16(15)23-20-19/h10-12,14-16H,2-9H2,1H3. The first-order valence-electron chi connectivity index (χ1n) is 8.94. The molecule has 0 saturated heterocycles. The predicted octanol–water partition coefficient (Wildman–Crippen LogP) is 4.31. The lowest BCUT2D eigenvalue weighted by molar-refractivity contribution is 0.0397. The minimum Gasteiger partial charge on any atom is -0.493 e. The van der Waals surface area contributed by atoms with Gasteiger partial charge in [-0.05, 0) is 63.1 Å². The van der Waals surface area contributed by atoms with Gasteiger partial charge in [-0.3, -0.25) is 0 Å². The van der Waals surface area contributed by atoms with E-state index in [1.807, 2.05) is 6.07 Å². The minimum absolute atomic E-state index is 0.278. The van der Waals surface area contributed by atoms with Gasteiger partial charge in [0.2, 0.25) is 0 Å². The fourth-order valence-corrected chi connectivity index (χ4v) is 4.11. The van der Waals surface area contributed by atoms with Crippen LogP contribution < -0.4 is 9.47 Å². The van der Waals surface area contributed by atoms with Crippen molar-refractivity contribution in [2.45, 2.75) is 63.6 Å². The lowest BCUT2D eigenvalue weighted by Crippen LogP contribution is -2.27. The van der Waals surface area contributed by atoms with Gasteiger partial charge in [0, 0.05) is 11.5 Å². The van der Waals surface area contributed by atoms with E-state index in [4.69, 9.17) is 14.3 Å². The van der Waals surface area contributed by atoms with Gasteiger partial charge in [-0.1, -0.05) is 11.6 Å². The second kappa shape index (κ2) is 6.42. The highest BCUT2D eigenvalue weighted by atomic mass is 16.6. The minimum atomic E-state index is 0.278. The number of benzene rings is 1. The Labute approximate surface area is 137 Å². The van der Waals surface area contributed by atoms with Gasteiger partial charge in [-0.25, -0.2) is 0 Å². The molecule has 1 aromatic rings. The number of methoxy groups -OCH3 is 1. The molecule has 124 valence electrons. The molecule has 0 bridgehead atoms. The van der Waals surface area contributed by atoms with Crippen molar-refractivity contribution >= 4 is 5.71 Å². The zero-order valence-corrected chi connectivity index (χ0v) is 13.8. The quantitative estimate of drug-likeness (QED) is 0.831. The highest BCUT2D eigenvalue weighted by Crippen LogP contribution is 2.38. The van der Waals surface area contributed by atoms with E-state index in [0.29, 0.717) is 12.0 Å². The summed E-state index contributed by atoms with van der Waals surface area (Å²) in [6.07, 6.45) is 10.2. The van der Waals surface area contributed by atoms with E-state index in [1.54, 1.807) is 7.11 Å². The van der Waals surface area contributed by atoms with E-state index in [0.717, 1.165) is 42.0 Å². The second-order valence-corrected chi connectivity index (χ2v) is 6.90. The number of hydrogen-bond donors (Lipinski definition) is 0. The monoisotopic (exact) mass is 315 g/mol. The smallest absolute Gasteiger partial charge is 0.162 e. The first kappa shape index (κ1) is 14.9. The van der Waals surface area contributed by atoms with Crippen molar-refractivity contribution in [3.8, 4) is 11.5 Å². The summed E-state index contributed by atoms with van der Waals surface area (Å²) in [5.74, 6) is 2.09. The Kier molecular flexibility index (Phi) is 4.15. The Bertz CT molecular complexity index is 592. The number of ether oxygens (including phenoxy) is 2. The molecule has 4 nitrogen and oxygen atoms in total. The molecule has 2 fully saturated rings. The van der Waals surface area contributed by atoms with Crippen LogP contribution >= 0.6 is 0 Å². The summed E-state index contributed by atoms with van der Waals surface area (Å²) in [7, 11) is 1.70. The van der Waals surface area contributed by atoms with E-state index < -0.39 is 0 Å². The second-order valence-electron chi connectivity index (χ2n) is 6.90. The molecule has 0 amide bonds. The summed E-state index contributed by atoms with van der Waals surface area (Å²) in [5, 5.41) is 4.40. The summed E-state index contributed by atoms with van der Waals surface area (Å²) in [5.41, 5.74) is 2.21. The molecule has 0 aromatic heterocycles. The van der Waals surface area contributed by atoms with Crippen LogP contribution in [0, 0.1) is 5.92 Å². The predicted molar refractivity (Wildman–Crippen MR) is 89.2 cm³/mol. The van der Waals surface area contributed by atoms with Crippen LogP contribution in [0.25, 0.3) is 0 Å². The molecule has 0 N–H and O–H groups in total. The molecule has 2 atom stereocenters. The van der Waals surface area contributed by atoms with Crippen LogP contribution in [-0.4, -0.2) is 25.0 Å². The van der Waals surface area contributed by atoms with Gasteiger partial charge in [0.05, 0.1) is 18.9 Å². The molecule has 4 rings (SSSR count). The lowest BCUT2D eigenvalue weighted by Gasteiger charge is -2.24. The Hall–Kier alpha value is -1.71. The average molecular weight is 315 g/mol. The van der Waals surface area contributed by atoms with E-state index in [-0.39, 0.29) is 6.10 Å². The highest BCUT2D eigenvalue weighted by molar-refractivity contribution is 6.03. The molecular weight excluding hydrogens is 290 g/mol. The van der Waals surface area contributed by atoms with Gasteiger partial charge in [0.1, 0.15) is 6.10 Å². The van der Waals surface area contributed by atoms with E-state index in [9.17, 15) is 0 Å². The molecule has 0 radical (unpaired) electrons. The molecule has 2 aliphatic carbocycles. The zero-order chi connectivity index (χ0) is 15.6. The van der Waals surface area contributed by atoms with Crippen LogP contribution in [0.2, 0.25) is 0 Å². The summed E-state index contributed by atoms with van der Waals surface area (Å²) in [6.45, 7) is 0. The van der Waals surface area contributed by atoms with Crippen molar-refractivity contribution < 1.29 is 14.3 Å². The third-order valence-electron chi connectivity index (χ3n) is 5.40.